The fourth-order valence-corrected chi connectivity index (χ4v) is 7.71. The quantitative estimate of drug-likeness (QED) is 0.457. The third-order valence-corrected chi connectivity index (χ3v) is 8.97. The van der Waals surface area contributed by atoms with Crippen molar-refractivity contribution in [2.75, 3.05) is 0 Å². The van der Waals surface area contributed by atoms with Crippen LogP contribution in [-0.2, 0) is 0 Å². The van der Waals surface area contributed by atoms with E-state index >= 15 is 0 Å². The summed E-state index contributed by atoms with van der Waals surface area (Å²) in [6.45, 7) is 0. The van der Waals surface area contributed by atoms with Crippen LogP contribution in [0.5, 0.6) is 0 Å². The number of hydrogen-bond donors (Lipinski definition) is 0. The van der Waals surface area contributed by atoms with E-state index in [0.717, 1.165) is 0 Å². The van der Waals surface area contributed by atoms with Gasteiger partial charge in [-0.3, -0.25) is 0 Å². The summed E-state index contributed by atoms with van der Waals surface area (Å²) in [4.78, 5) is 0. The second-order valence-electron chi connectivity index (χ2n) is 8.86. The summed E-state index contributed by atoms with van der Waals surface area (Å²) in [5.41, 5.74) is 8.81. The molecule has 3 aliphatic carbocycles. The zero-order valence-corrected chi connectivity index (χ0v) is 19.3. The molecule has 6 rings (SSSR count). The molecule has 0 bridgehead atoms. The Morgan fingerprint density at radius 1 is 0.533 bits per heavy atom. The van der Waals surface area contributed by atoms with E-state index < -0.39 is 0 Å². The van der Waals surface area contributed by atoms with Gasteiger partial charge in [-0.2, -0.15) is 0 Å². The Kier molecular flexibility index (Phi) is 4.07. The highest BCUT2D eigenvalue weighted by atomic mass is 28.1. The lowest BCUT2D eigenvalue weighted by Gasteiger charge is -2.48. The van der Waals surface area contributed by atoms with Crippen LogP contribution in [-0.4, -0.2) is 10.2 Å². The molecule has 3 aromatic rings. The summed E-state index contributed by atoms with van der Waals surface area (Å²) in [7, 11) is 1.17. The summed E-state index contributed by atoms with van der Waals surface area (Å²) in [6.07, 6.45) is 14.6. The van der Waals surface area contributed by atoms with Crippen molar-refractivity contribution in [2.45, 2.75) is 23.8 Å². The van der Waals surface area contributed by atoms with Crippen molar-refractivity contribution in [2.24, 2.45) is 5.41 Å². The van der Waals surface area contributed by atoms with E-state index in [1.807, 2.05) is 0 Å². The van der Waals surface area contributed by atoms with Crippen LogP contribution in [0.4, 0.5) is 0 Å². The molecule has 0 N–H and O–H groups in total. The summed E-state index contributed by atoms with van der Waals surface area (Å²) in [5, 5.41) is 0. The van der Waals surface area contributed by atoms with Crippen molar-refractivity contribution < 1.29 is 0 Å². The van der Waals surface area contributed by atoms with Crippen LogP contribution in [0, 0.1) is 5.41 Å². The third kappa shape index (κ3) is 2.39. The molecule has 3 aliphatic rings. The Morgan fingerprint density at radius 3 is 1.20 bits per heavy atom. The van der Waals surface area contributed by atoms with Crippen LogP contribution in [0.2, 0.25) is 6.04 Å². The molecule has 1 heteroatoms. The van der Waals surface area contributed by atoms with Gasteiger partial charge in [-0.05, 0) is 38.8 Å². The van der Waals surface area contributed by atoms with Gasteiger partial charge in [0.15, 0.2) is 0 Å². The van der Waals surface area contributed by atoms with Crippen LogP contribution in [0.25, 0.3) is 18.2 Å². The van der Waals surface area contributed by atoms with Gasteiger partial charge in [0.2, 0.25) is 0 Å². The standard InChI is InChI=1S/C29H26Si/c30-19-29(26-16-13-20-7-1-4-10-23(20)26,27-17-14-21-8-2-5-11-24(21)27)28-18-15-22-9-3-6-12-25(22)28/h1-18,26-28H,19H2,30H3. The molecular formula is C29H26Si. The van der Waals surface area contributed by atoms with Crippen molar-refractivity contribution in [3.8, 4) is 0 Å². The molecule has 0 heterocycles. The minimum absolute atomic E-state index is 0.113. The largest absolute Gasteiger partial charge is 0.0758 e. The lowest BCUT2D eigenvalue weighted by molar-refractivity contribution is 0.227. The Labute approximate surface area is 182 Å². The highest BCUT2D eigenvalue weighted by Gasteiger charge is 2.52. The minimum Gasteiger partial charge on any atom is -0.0758 e. The van der Waals surface area contributed by atoms with Gasteiger partial charge in [0.05, 0.1) is 0 Å². The first-order valence-electron chi connectivity index (χ1n) is 11.1. The normalized spacial score (nSPS) is 24.6. The summed E-state index contributed by atoms with van der Waals surface area (Å²) < 4.78 is 0. The first-order valence-corrected chi connectivity index (χ1v) is 12.6. The summed E-state index contributed by atoms with van der Waals surface area (Å²) >= 11 is 0. The first kappa shape index (κ1) is 17.9. The fourth-order valence-electron chi connectivity index (χ4n) is 6.39. The first-order chi connectivity index (χ1) is 14.8. The van der Waals surface area contributed by atoms with Crippen molar-refractivity contribution in [3.05, 3.63) is 124 Å². The summed E-state index contributed by atoms with van der Waals surface area (Å²) in [5.74, 6) is 1.27. The number of rotatable bonds is 4. The molecule has 0 saturated heterocycles. The Balaban J connectivity index is 1.60. The molecule has 0 fully saturated rings. The van der Waals surface area contributed by atoms with Crippen molar-refractivity contribution in [1.29, 1.82) is 0 Å². The molecule has 0 amide bonds. The average Bonchev–Trinajstić information content (AvgIpc) is 3.53. The number of allylic oxidation sites excluding steroid dienone is 3. The molecule has 0 saturated carbocycles. The van der Waals surface area contributed by atoms with E-state index in [0.29, 0.717) is 17.8 Å². The van der Waals surface area contributed by atoms with Crippen molar-refractivity contribution >= 4 is 28.5 Å². The van der Waals surface area contributed by atoms with E-state index in [-0.39, 0.29) is 5.41 Å². The molecule has 3 aromatic carbocycles. The van der Waals surface area contributed by atoms with Gasteiger partial charge < -0.3 is 0 Å². The monoisotopic (exact) mass is 402 g/mol. The maximum atomic E-state index is 2.51. The molecule has 0 nitrogen and oxygen atoms in total. The SMILES string of the molecule is [SiH3]CC(C1C=Cc2ccccc21)(C1C=Cc2ccccc21)C1C=Cc2ccccc21. The van der Waals surface area contributed by atoms with Crippen LogP contribution in [0.3, 0.4) is 0 Å². The fraction of sp³-hybridized carbons (Fsp3) is 0.172. The van der Waals surface area contributed by atoms with Crippen LogP contribution < -0.4 is 0 Å². The molecule has 0 spiro atoms. The van der Waals surface area contributed by atoms with Gasteiger partial charge in [0.25, 0.3) is 0 Å². The lowest BCUT2D eigenvalue weighted by atomic mass is 9.57. The Morgan fingerprint density at radius 2 is 0.867 bits per heavy atom. The van der Waals surface area contributed by atoms with Gasteiger partial charge in [0.1, 0.15) is 0 Å². The molecular weight excluding hydrogens is 376 g/mol. The number of hydrogen-bond acceptors (Lipinski definition) is 0. The third-order valence-electron chi connectivity index (χ3n) is 7.75. The highest BCUT2D eigenvalue weighted by Crippen LogP contribution is 2.63. The van der Waals surface area contributed by atoms with E-state index in [1.54, 1.807) is 0 Å². The molecule has 0 aliphatic heterocycles. The van der Waals surface area contributed by atoms with Gasteiger partial charge in [-0.15, -0.1) is 0 Å². The van der Waals surface area contributed by atoms with Gasteiger partial charge in [-0.25, -0.2) is 0 Å². The maximum Gasteiger partial charge on any atom is 0.00984 e. The number of benzene rings is 3. The Bertz CT molecular complexity index is 1060. The molecule has 3 atom stereocenters. The highest BCUT2D eigenvalue weighted by molar-refractivity contribution is 6.09. The molecule has 0 aromatic heterocycles. The summed E-state index contributed by atoms with van der Waals surface area (Å²) in [6, 6.07) is 28.3. The predicted octanol–water partition coefficient (Wildman–Crippen LogP) is 6.19. The topological polar surface area (TPSA) is 0 Å². The minimum atomic E-state index is 0.113. The maximum absolute atomic E-state index is 2.51. The van der Waals surface area contributed by atoms with Gasteiger partial charge >= 0.3 is 0 Å². The second kappa shape index (κ2) is 6.82. The van der Waals surface area contributed by atoms with Gasteiger partial charge in [-0.1, -0.05) is 115 Å². The molecule has 3 unspecified atom stereocenters. The van der Waals surface area contributed by atoms with E-state index in [1.165, 1.54) is 49.7 Å². The van der Waals surface area contributed by atoms with Crippen LogP contribution in [0.15, 0.2) is 91.0 Å². The van der Waals surface area contributed by atoms with Gasteiger partial charge in [0, 0.05) is 28.0 Å². The average molecular weight is 403 g/mol. The zero-order valence-electron chi connectivity index (χ0n) is 17.3. The molecule has 0 radical (unpaired) electrons. The number of fused-ring (bicyclic) bond motifs is 3. The smallest absolute Gasteiger partial charge is 0.00984 e. The molecule has 30 heavy (non-hydrogen) atoms. The molecule has 146 valence electrons. The zero-order chi connectivity index (χ0) is 20.1. The lowest BCUT2D eigenvalue weighted by Crippen LogP contribution is -2.38. The van der Waals surface area contributed by atoms with Crippen molar-refractivity contribution in [3.63, 3.8) is 0 Å². The van der Waals surface area contributed by atoms with E-state index in [9.17, 15) is 0 Å². The Hall–Kier alpha value is -2.90. The second-order valence-corrected chi connectivity index (χ2v) is 9.57. The van der Waals surface area contributed by atoms with E-state index in [4.69, 9.17) is 0 Å². The van der Waals surface area contributed by atoms with Crippen LogP contribution >= 0.6 is 0 Å². The van der Waals surface area contributed by atoms with Crippen LogP contribution in [0.1, 0.15) is 51.1 Å². The van der Waals surface area contributed by atoms with E-state index in [2.05, 4.69) is 109 Å². The predicted molar refractivity (Wildman–Crippen MR) is 132 cm³/mol. The van der Waals surface area contributed by atoms with Crippen molar-refractivity contribution in [1.82, 2.24) is 0 Å².